The van der Waals surface area contributed by atoms with Crippen molar-refractivity contribution in [2.45, 2.75) is 59.0 Å². The van der Waals surface area contributed by atoms with Crippen LogP contribution < -0.4 is 30.7 Å². The van der Waals surface area contributed by atoms with E-state index in [2.05, 4.69) is 51.8 Å². The molecule has 0 aliphatic carbocycles. The lowest BCUT2D eigenvalue weighted by Gasteiger charge is -2.26. The number of benzene rings is 6. The number of amides is 4. The molecule has 0 unspecified atom stereocenters. The molecule has 2 fully saturated rings. The first-order valence-electron chi connectivity index (χ1n) is 27.3. The van der Waals surface area contributed by atoms with Crippen molar-refractivity contribution in [3.8, 4) is 22.9 Å². The largest absolute Gasteiger partial charge is 0.492 e. The maximum atomic E-state index is 13.3. The third-order valence-corrected chi connectivity index (χ3v) is 14.0. The van der Waals surface area contributed by atoms with E-state index in [0.717, 1.165) is 121 Å². The first-order chi connectivity index (χ1) is 39.0. The molecule has 0 radical (unpaired) electrons. The quantitative estimate of drug-likeness (QED) is 0.0531. The van der Waals surface area contributed by atoms with Gasteiger partial charge in [0.2, 0.25) is 0 Å². The van der Waals surface area contributed by atoms with E-state index < -0.39 is 12.0 Å². The lowest BCUT2D eigenvalue weighted by molar-refractivity contribution is 0.0322. The van der Waals surface area contributed by atoms with Gasteiger partial charge in [0.25, 0.3) is 0 Å². The van der Waals surface area contributed by atoms with Crippen LogP contribution >= 0.6 is 0 Å². The van der Waals surface area contributed by atoms with E-state index in [-0.39, 0.29) is 29.0 Å². The summed E-state index contributed by atoms with van der Waals surface area (Å²) in [5.41, 5.74) is 4.86. The van der Waals surface area contributed by atoms with Gasteiger partial charge < -0.3 is 39.8 Å². The van der Waals surface area contributed by atoms with Crippen LogP contribution in [-0.2, 0) is 26.9 Å². The zero-order valence-corrected chi connectivity index (χ0v) is 46.8. The van der Waals surface area contributed by atoms with Crippen molar-refractivity contribution in [3.05, 3.63) is 156 Å². The number of aliphatic hydroxyl groups is 1. The van der Waals surface area contributed by atoms with Gasteiger partial charge in [-0.2, -0.15) is 10.2 Å². The Balaban J connectivity index is 0.000000196. The summed E-state index contributed by atoms with van der Waals surface area (Å²) in [6.07, 6.45) is 0. The molecule has 4 heterocycles. The highest BCUT2D eigenvalue weighted by Gasteiger charge is 2.24. The zero-order valence-electron chi connectivity index (χ0n) is 46.8. The summed E-state index contributed by atoms with van der Waals surface area (Å²) < 4.78 is 26.5. The highest BCUT2D eigenvalue weighted by molar-refractivity contribution is 6.08. The molecule has 2 aliphatic rings. The van der Waals surface area contributed by atoms with Crippen LogP contribution in [0, 0.1) is 0 Å². The number of nitrogens with one attached hydrogen (secondary N) is 4. The van der Waals surface area contributed by atoms with Crippen LogP contribution in [0.15, 0.2) is 133 Å². The Hall–Kier alpha value is -8.33. The predicted octanol–water partition coefficient (Wildman–Crippen LogP) is 10.5. The molecule has 2 aromatic heterocycles. The molecule has 424 valence electrons. The molecule has 10 rings (SSSR count). The van der Waals surface area contributed by atoms with Crippen molar-refractivity contribution >= 4 is 62.6 Å². The summed E-state index contributed by atoms with van der Waals surface area (Å²) >= 11 is 0. The third kappa shape index (κ3) is 14.7. The lowest BCUT2D eigenvalue weighted by atomic mass is 9.92. The van der Waals surface area contributed by atoms with Crippen molar-refractivity contribution in [1.29, 1.82) is 0 Å². The molecule has 19 nitrogen and oxygen atoms in total. The minimum absolute atomic E-state index is 0.0359. The molecular formula is C62H72N10O9. The molecule has 19 heteroatoms. The fourth-order valence-electron chi connectivity index (χ4n) is 9.33. The number of rotatable bonds is 16. The fraction of sp³-hybridized carbons (Fsp3) is 0.339. The van der Waals surface area contributed by atoms with E-state index in [9.17, 15) is 24.6 Å². The fourth-order valence-corrected chi connectivity index (χ4v) is 9.33. The standard InChI is InChI=1S/C31H35N5O5.C31H37N5O4/c1-31(2,3)27-20-28(36(34-27)22-10-8-21(9-11-22)29(37)38)33-30(39)32-25-12-13-26(24-7-5-4-6-23(24)25)41-19-16-35-14-17-40-18-15-35;1-31(2,3)28-20-29(36(34-28)23-10-8-22(21-37)9-11-23)33-30(38)32-26-12-13-27(25-7-5-4-6-24(25)26)40-19-16-35-14-17-39-18-15-35/h4-13,20H,14-19H2,1-3H3,(H,37,38)(H2,32,33,39);4-13,20,37H,14-19,21H2,1-3H3,(H2,32,33,38). The maximum Gasteiger partial charge on any atom is 0.335 e. The van der Waals surface area contributed by atoms with Gasteiger partial charge in [0.05, 0.1) is 72.7 Å². The summed E-state index contributed by atoms with van der Waals surface area (Å²) in [7, 11) is 0. The highest BCUT2D eigenvalue weighted by atomic mass is 16.5. The van der Waals surface area contributed by atoms with Crippen LogP contribution in [0.2, 0.25) is 0 Å². The topological polar surface area (TPSA) is 219 Å². The van der Waals surface area contributed by atoms with Gasteiger partial charge in [0.1, 0.15) is 36.3 Å². The summed E-state index contributed by atoms with van der Waals surface area (Å²) in [6, 6.07) is 39.9. The van der Waals surface area contributed by atoms with Gasteiger partial charge in [0.15, 0.2) is 0 Å². The van der Waals surface area contributed by atoms with E-state index >= 15 is 0 Å². The Morgan fingerprint density at radius 3 is 1.31 bits per heavy atom. The number of hydrogen-bond donors (Lipinski definition) is 6. The molecule has 0 bridgehead atoms. The number of aliphatic hydroxyl groups excluding tert-OH is 1. The van der Waals surface area contributed by atoms with Gasteiger partial charge in [0, 0.05) is 83.8 Å². The zero-order chi connectivity index (χ0) is 57.1. The minimum atomic E-state index is -1.01. The summed E-state index contributed by atoms with van der Waals surface area (Å²) in [4.78, 5) is 42.5. The number of urea groups is 2. The second-order valence-corrected chi connectivity index (χ2v) is 21.9. The first kappa shape index (κ1) is 57.4. The van der Waals surface area contributed by atoms with Gasteiger partial charge in [-0.05, 0) is 66.2 Å². The summed E-state index contributed by atoms with van der Waals surface area (Å²) in [5.74, 6) is 1.55. The number of nitrogens with zero attached hydrogens (tertiary/aromatic N) is 6. The van der Waals surface area contributed by atoms with Crippen molar-refractivity contribution in [2.75, 3.05) is 100 Å². The molecule has 6 aromatic carbocycles. The smallest absolute Gasteiger partial charge is 0.335 e. The number of carboxylic acids is 1. The maximum absolute atomic E-state index is 13.3. The van der Waals surface area contributed by atoms with Gasteiger partial charge in [-0.15, -0.1) is 0 Å². The predicted molar refractivity (Wildman–Crippen MR) is 316 cm³/mol. The summed E-state index contributed by atoms with van der Waals surface area (Å²) in [6.45, 7) is 21.8. The number of morpholine rings is 2. The average molecular weight is 1100 g/mol. The lowest BCUT2D eigenvalue weighted by Crippen LogP contribution is -2.38. The molecule has 0 atom stereocenters. The van der Waals surface area contributed by atoms with Gasteiger partial charge in [-0.1, -0.05) is 102 Å². The van der Waals surface area contributed by atoms with Crippen molar-refractivity contribution in [2.24, 2.45) is 0 Å². The number of aromatic nitrogens is 4. The number of anilines is 4. The molecule has 6 N–H and O–H groups in total. The number of carbonyl (C=O) groups is 3. The number of ether oxygens (including phenoxy) is 4. The van der Waals surface area contributed by atoms with E-state index in [4.69, 9.17) is 29.1 Å². The van der Waals surface area contributed by atoms with Crippen molar-refractivity contribution in [3.63, 3.8) is 0 Å². The van der Waals surface area contributed by atoms with Crippen LogP contribution in [0.1, 0.15) is 68.9 Å². The Kier molecular flexibility index (Phi) is 18.3. The van der Waals surface area contributed by atoms with Gasteiger partial charge >= 0.3 is 18.0 Å². The Morgan fingerprint density at radius 2 is 0.926 bits per heavy atom. The molecule has 81 heavy (non-hydrogen) atoms. The highest BCUT2D eigenvalue weighted by Crippen LogP contribution is 2.35. The van der Waals surface area contributed by atoms with Crippen molar-refractivity contribution in [1.82, 2.24) is 29.4 Å². The van der Waals surface area contributed by atoms with Gasteiger partial charge in [-0.3, -0.25) is 20.4 Å². The second-order valence-electron chi connectivity index (χ2n) is 21.9. The van der Waals surface area contributed by atoms with Crippen LogP contribution in [0.25, 0.3) is 32.9 Å². The molecule has 8 aromatic rings. The number of carbonyl (C=O) groups excluding carboxylic acids is 2. The monoisotopic (exact) mass is 1100 g/mol. The Morgan fingerprint density at radius 1 is 0.531 bits per heavy atom. The van der Waals surface area contributed by atoms with E-state index in [1.54, 1.807) is 21.5 Å². The number of hydrogen-bond acceptors (Lipinski definition) is 12. The van der Waals surface area contributed by atoms with Crippen LogP contribution in [0.3, 0.4) is 0 Å². The number of aromatic carboxylic acids is 1. The number of fused-ring (bicyclic) bond motifs is 2. The summed E-state index contributed by atoms with van der Waals surface area (Å²) in [5, 5.41) is 43.6. The van der Waals surface area contributed by atoms with Crippen LogP contribution in [-0.4, -0.2) is 137 Å². The molecule has 2 saturated heterocycles. The first-order valence-corrected chi connectivity index (χ1v) is 27.3. The van der Waals surface area contributed by atoms with Crippen LogP contribution in [0.4, 0.5) is 32.6 Å². The number of carboxylic acid groups (broad SMARTS) is 1. The Bertz CT molecular complexity index is 3440. The second kappa shape index (κ2) is 25.9. The minimum Gasteiger partial charge on any atom is -0.492 e. The molecule has 0 saturated carbocycles. The normalized spacial score (nSPS) is 14.2. The molecular weight excluding hydrogens is 1030 g/mol. The van der Waals surface area contributed by atoms with E-state index in [1.807, 2.05) is 130 Å². The average Bonchev–Trinajstić information content (AvgIpc) is 4.12. The van der Waals surface area contributed by atoms with Crippen molar-refractivity contribution < 1.29 is 43.5 Å². The SMILES string of the molecule is CC(C)(C)c1cc(NC(=O)Nc2ccc(OCCN3CCOCC3)c3ccccc23)n(-c2ccc(C(=O)O)cc2)n1.CC(C)(C)c1cc(NC(=O)Nc2ccc(OCCN3CCOCC3)c3ccccc23)n(-c2ccc(CO)cc2)n1. The Labute approximate surface area is 471 Å². The molecule has 2 aliphatic heterocycles. The van der Waals surface area contributed by atoms with E-state index in [0.29, 0.717) is 41.9 Å². The molecule has 0 spiro atoms. The molecule has 4 amide bonds. The van der Waals surface area contributed by atoms with Gasteiger partial charge in [-0.25, -0.2) is 23.7 Å². The van der Waals surface area contributed by atoms with E-state index in [1.165, 1.54) is 12.1 Å². The van der Waals surface area contributed by atoms with Crippen LogP contribution in [0.5, 0.6) is 11.5 Å². The third-order valence-electron chi connectivity index (χ3n) is 14.0.